The summed E-state index contributed by atoms with van der Waals surface area (Å²) in [7, 11) is 0. The maximum absolute atomic E-state index is 11.0. The number of hydrogen-bond donors (Lipinski definition) is 1. The molecule has 3 aromatic heterocycles. The van der Waals surface area contributed by atoms with E-state index in [-0.39, 0.29) is 0 Å². The van der Waals surface area contributed by atoms with Crippen molar-refractivity contribution in [1.82, 2.24) is 4.98 Å². The molecule has 0 saturated heterocycles. The molecular weight excluding hydrogens is 467 g/mol. The minimum atomic E-state index is -0.667. The summed E-state index contributed by atoms with van der Waals surface area (Å²) in [5.74, 6) is 0. The number of hydrogen-bond acceptors (Lipinski definition) is 4. The van der Waals surface area contributed by atoms with Gasteiger partial charge in [-0.25, -0.2) is 9.37 Å². The number of rotatable bonds is 5. The van der Waals surface area contributed by atoms with E-state index in [9.17, 15) is 4.39 Å². The van der Waals surface area contributed by atoms with E-state index < -0.39 is 6.17 Å². The minimum absolute atomic E-state index is 0.526. The van der Waals surface area contributed by atoms with Gasteiger partial charge in [0.1, 0.15) is 5.15 Å². The predicted molar refractivity (Wildman–Crippen MR) is 126 cm³/mol. The van der Waals surface area contributed by atoms with Gasteiger partial charge in [-0.3, -0.25) is 0 Å². The summed E-state index contributed by atoms with van der Waals surface area (Å²) in [6.07, 6.45) is 1.51. The van der Waals surface area contributed by atoms with Crippen LogP contribution in [0.25, 0.3) is 10.2 Å². The lowest BCUT2D eigenvalue weighted by molar-refractivity contribution is 0.391. The molecule has 0 bridgehead atoms. The van der Waals surface area contributed by atoms with Gasteiger partial charge in [-0.05, 0) is 47.6 Å². The van der Waals surface area contributed by atoms with Crippen LogP contribution in [-0.2, 0) is 13.0 Å². The third-order valence-corrected chi connectivity index (χ3v) is 6.59. The first-order valence-corrected chi connectivity index (χ1v) is 12.0. The molecule has 1 N–H and O–H groups in total. The number of nitrogens with one attached hydrogen (secondary N) is 1. The van der Waals surface area contributed by atoms with Gasteiger partial charge < -0.3 is 5.32 Å². The van der Waals surface area contributed by atoms with E-state index in [0.29, 0.717) is 5.15 Å². The van der Waals surface area contributed by atoms with Crippen molar-refractivity contribution in [3.05, 3.63) is 43.0 Å². The molecule has 0 radical (unpaired) electrons. The quantitative estimate of drug-likeness (QED) is 0.359. The van der Waals surface area contributed by atoms with Gasteiger partial charge in [-0.1, -0.05) is 44.9 Å². The molecule has 2 nitrogen and oxygen atoms in total. The number of alkyl halides is 1. The van der Waals surface area contributed by atoms with Crippen molar-refractivity contribution in [2.75, 3.05) is 5.32 Å². The van der Waals surface area contributed by atoms with Crippen LogP contribution in [0.5, 0.6) is 0 Å². The van der Waals surface area contributed by atoms with E-state index in [1.54, 1.807) is 22.7 Å². The number of nitrogens with zero attached hydrogens (tertiary/aromatic N) is 1. The molecule has 0 atom stereocenters. The molecule has 0 amide bonds. The van der Waals surface area contributed by atoms with Gasteiger partial charge in [0.15, 0.2) is 0 Å². The Morgan fingerprint density at radius 3 is 2.56 bits per heavy atom. The average molecular weight is 494 g/mol. The SMILES string of the molecule is CC.CC(C)F.CCCc1sc2c(NCc3cccs3)cc(Cl)nc2c1Br. The Balaban J connectivity index is 0.000000541. The van der Waals surface area contributed by atoms with Crippen LogP contribution in [0.4, 0.5) is 10.1 Å². The first-order chi connectivity index (χ1) is 12.9. The Morgan fingerprint density at radius 2 is 2.00 bits per heavy atom. The highest BCUT2D eigenvalue weighted by Crippen LogP contribution is 2.40. The summed E-state index contributed by atoms with van der Waals surface area (Å²) in [5, 5.41) is 6.11. The van der Waals surface area contributed by atoms with Crippen LogP contribution >= 0.6 is 50.2 Å². The molecule has 3 heterocycles. The van der Waals surface area contributed by atoms with Crippen molar-refractivity contribution < 1.29 is 4.39 Å². The number of aryl methyl sites for hydroxylation is 1. The molecule has 0 aliphatic carbocycles. The van der Waals surface area contributed by atoms with E-state index in [4.69, 9.17) is 11.6 Å². The van der Waals surface area contributed by atoms with Crippen molar-refractivity contribution in [1.29, 1.82) is 0 Å². The Labute approximate surface area is 183 Å². The molecule has 3 aromatic rings. The smallest absolute Gasteiger partial charge is 0.131 e. The molecule has 0 spiro atoms. The van der Waals surface area contributed by atoms with Gasteiger partial charge >= 0.3 is 0 Å². The van der Waals surface area contributed by atoms with Crippen LogP contribution in [0.1, 0.15) is 50.8 Å². The Bertz CT molecular complexity index is 801. The highest BCUT2D eigenvalue weighted by atomic mass is 79.9. The second-order valence-corrected chi connectivity index (χ2v) is 9.02. The molecule has 0 aromatic carbocycles. The zero-order chi connectivity index (χ0) is 20.4. The summed E-state index contributed by atoms with van der Waals surface area (Å²) in [6, 6.07) is 6.11. The maximum Gasteiger partial charge on any atom is 0.131 e. The fourth-order valence-corrected chi connectivity index (χ4v) is 5.09. The number of halogens is 3. The van der Waals surface area contributed by atoms with Gasteiger partial charge in [0, 0.05) is 22.4 Å². The van der Waals surface area contributed by atoms with Crippen molar-refractivity contribution in [3.63, 3.8) is 0 Å². The van der Waals surface area contributed by atoms with Crippen molar-refractivity contribution in [2.45, 2.75) is 60.2 Å². The summed E-state index contributed by atoms with van der Waals surface area (Å²) in [6.45, 7) is 10.00. The molecular formula is C20H27BrClFN2S2. The number of fused-ring (bicyclic) bond motifs is 1. The number of anilines is 1. The van der Waals surface area contributed by atoms with Crippen molar-refractivity contribution >= 4 is 66.1 Å². The van der Waals surface area contributed by atoms with Gasteiger partial charge in [0.2, 0.25) is 0 Å². The maximum atomic E-state index is 11.0. The van der Waals surface area contributed by atoms with Gasteiger partial charge in [-0.15, -0.1) is 22.7 Å². The second kappa shape index (κ2) is 12.7. The largest absolute Gasteiger partial charge is 0.379 e. The minimum Gasteiger partial charge on any atom is -0.379 e. The fraction of sp³-hybridized carbons (Fsp3) is 0.450. The van der Waals surface area contributed by atoms with E-state index in [1.165, 1.54) is 28.3 Å². The van der Waals surface area contributed by atoms with Crippen LogP contribution in [0, 0.1) is 0 Å². The summed E-state index contributed by atoms with van der Waals surface area (Å²) in [4.78, 5) is 7.12. The first-order valence-electron chi connectivity index (χ1n) is 9.10. The molecule has 0 fully saturated rings. The first kappa shape index (κ1) is 24.3. The Hall–Kier alpha value is -0.690. The summed E-state index contributed by atoms with van der Waals surface area (Å²) >= 11 is 13.4. The van der Waals surface area contributed by atoms with Crippen LogP contribution in [0.3, 0.4) is 0 Å². The Kier molecular flexibility index (Phi) is 11.5. The zero-order valence-corrected chi connectivity index (χ0v) is 20.4. The molecule has 150 valence electrons. The fourth-order valence-electron chi connectivity index (χ4n) is 2.17. The van der Waals surface area contributed by atoms with E-state index in [0.717, 1.165) is 35.1 Å². The monoisotopic (exact) mass is 492 g/mol. The van der Waals surface area contributed by atoms with Crippen molar-refractivity contribution in [3.8, 4) is 0 Å². The highest BCUT2D eigenvalue weighted by Gasteiger charge is 2.15. The second-order valence-electron chi connectivity index (χ2n) is 5.71. The molecule has 0 aliphatic heterocycles. The molecule has 0 unspecified atom stereocenters. The zero-order valence-electron chi connectivity index (χ0n) is 16.4. The summed E-state index contributed by atoms with van der Waals surface area (Å²) in [5.41, 5.74) is 2.02. The van der Waals surface area contributed by atoms with Crippen LogP contribution in [0.15, 0.2) is 28.1 Å². The number of aromatic nitrogens is 1. The molecule has 7 heteroatoms. The number of thiophene rings is 2. The Morgan fingerprint density at radius 1 is 1.33 bits per heavy atom. The normalized spacial score (nSPS) is 10.3. The van der Waals surface area contributed by atoms with Gasteiger partial charge in [-0.2, -0.15) is 0 Å². The van der Waals surface area contributed by atoms with Crippen LogP contribution < -0.4 is 5.32 Å². The highest BCUT2D eigenvalue weighted by molar-refractivity contribution is 9.10. The molecule has 0 saturated carbocycles. The van der Waals surface area contributed by atoms with E-state index in [2.05, 4.69) is 50.7 Å². The lowest BCUT2D eigenvalue weighted by Gasteiger charge is -2.06. The molecule has 3 rings (SSSR count). The van der Waals surface area contributed by atoms with Gasteiger partial charge in [0.05, 0.1) is 26.5 Å². The number of pyridine rings is 1. The standard InChI is InChI=1S/C15H14BrClN2S2.C3H7F.C2H6/c1-2-4-11-13(16)14-15(21-11)10(7-12(17)19-14)18-8-9-5-3-6-20-9;1-3(2)4;1-2/h3,5-7H,2,4,8H2,1H3,(H,18,19);3H,1-2H3;1-2H3. The lowest BCUT2D eigenvalue weighted by Crippen LogP contribution is -1.98. The molecule has 27 heavy (non-hydrogen) atoms. The average Bonchev–Trinajstić information content (AvgIpc) is 3.24. The summed E-state index contributed by atoms with van der Waals surface area (Å²) < 4.78 is 13.3. The lowest BCUT2D eigenvalue weighted by atomic mass is 10.2. The van der Waals surface area contributed by atoms with E-state index >= 15 is 0 Å². The van der Waals surface area contributed by atoms with E-state index in [1.807, 2.05) is 19.9 Å². The van der Waals surface area contributed by atoms with Crippen LogP contribution in [0.2, 0.25) is 5.15 Å². The van der Waals surface area contributed by atoms with Gasteiger partial charge in [0.25, 0.3) is 0 Å². The molecule has 0 aliphatic rings. The third-order valence-electron chi connectivity index (χ3n) is 3.13. The predicted octanol–water partition coefficient (Wildman–Crippen LogP) is 8.73. The van der Waals surface area contributed by atoms with Crippen LogP contribution in [-0.4, -0.2) is 11.2 Å². The third kappa shape index (κ3) is 7.68. The topological polar surface area (TPSA) is 24.9 Å². The van der Waals surface area contributed by atoms with Crippen molar-refractivity contribution in [2.24, 2.45) is 0 Å².